The molecule has 2 aromatic carbocycles. The van der Waals surface area contributed by atoms with Crippen LogP contribution in [0.2, 0.25) is 5.02 Å². The quantitative estimate of drug-likeness (QED) is 0.347. The van der Waals surface area contributed by atoms with Crippen LogP contribution in [0.15, 0.2) is 77.7 Å². The van der Waals surface area contributed by atoms with Crippen molar-refractivity contribution >= 4 is 40.8 Å². The van der Waals surface area contributed by atoms with Gasteiger partial charge in [-0.05, 0) is 54.6 Å². The molecule has 1 fully saturated rings. The summed E-state index contributed by atoms with van der Waals surface area (Å²) < 4.78 is 21.4. The third-order valence-corrected chi connectivity index (χ3v) is 6.64. The van der Waals surface area contributed by atoms with Crippen molar-refractivity contribution in [3.63, 3.8) is 0 Å². The largest absolute Gasteiger partial charge is 0.469 e. The third-order valence-electron chi connectivity index (χ3n) is 6.39. The van der Waals surface area contributed by atoms with Gasteiger partial charge >= 0.3 is 5.97 Å². The van der Waals surface area contributed by atoms with Crippen LogP contribution in [-0.4, -0.2) is 54.0 Å². The molecule has 0 unspecified atom stereocenters. The number of nitrogens with zero attached hydrogens (tertiary/aromatic N) is 3. The van der Waals surface area contributed by atoms with Crippen molar-refractivity contribution < 1.29 is 23.6 Å². The zero-order valence-electron chi connectivity index (χ0n) is 20.6. The van der Waals surface area contributed by atoms with Gasteiger partial charge in [-0.15, -0.1) is 5.12 Å². The fourth-order valence-electron chi connectivity index (χ4n) is 4.36. The predicted octanol–water partition coefficient (Wildman–Crippen LogP) is 3.46. The molecule has 1 saturated heterocycles. The number of anilines is 2. The standard InChI is InChI=1S/C27H26ClFN4O5/c1-38-25(35)13-15-31-16-22(26(36)30-19-7-5-18(28)6-8-19)23(17-31)27(37)33(29)21-11-9-20(10-12-21)32-14-3-2-4-24(32)34/h2-12,14,22-23H,13,15-17H2,1H3,(H,30,36)/t22-,23-/m0/s1. The first-order valence-electron chi connectivity index (χ1n) is 11.9. The molecule has 0 saturated carbocycles. The molecule has 2 atom stereocenters. The molecule has 38 heavy (non-hydrogen) atoms. The smallest absolute Gasteiger partial charge is 0.306 e. The minimum atomic E-state index is -0.999. The zero-order chi connectivity index (χ0) is 27.2. The number of likely N-dealkylation sites (tertiary alicyclic amines) is 1. The van der Waals surface area contributed by atoms with E-state index in [1.54, 1.807) is 47.5 Å². The minimum absolute atomic E-state index is 0.0224. The molecule has 9 nitrogen and oxygen atoms in total. The average Bonchev–Trinajstić information content (AvgIpc) is 3.37. The molecule has 2 heterocycles. The summed E-state index contributed by atoms with van der Waals surface area (Å²) in [6, 6.07) is 17.0. The Labute approximate surface area is 223 Å². The number of hydrogen-bond donors (Lipinski definition) is 1. The number of nitrogens with one attached hydrogen (secondary N) is 1. The molecule has 1 aliphatic rings. The normalized spacial score (nSPS) is 17.1. The van der Waals surface area contributed by atoms with E-state index < -0.39 is 29.6 Å². The first kappa shape index (κ1) is 27.0. The topological polar surface area (TPSA) is 101 Å². The summed E-state index contributed by atoms with van der Waals surface area (Å²) in [5.74, 6) is -3.62. The van der Waals surface area contributed by atoms with Crippen LogP contribution >= 0.6 is 11.6 Å². The van der Waals surface area contributed by atoms with Gasteiger partial charge < -0.3 is 15.0 Å². The highest BCUT2D eigenvalue weighted by Crippen LogP contribution is 2.30. The Hall–Kier alpha value is -4.02. The van der Waals surface area contributed by atoms with Crippen molar-refractivity contribution in [2.24, 2.45) is 11.8 Å². The lowest BCUT2D eigenvalue weighted by Crippen LogP contribution is -2.38. The van der Waals surface area contributed by atoms with Gasteiger partial charge in [-0.3, -0.25) is 23.7 Å². The monoisotopic (exact) mass is 540 g/mol. The van der Waals surface area contributed by atoms with Crippen LogP contribution in [0.1, 0.15) is 6.42 Å². The molecule has 1 aromatic heterocycles. The van der Waals surface area contributed by atoms with Crippen LogP contribution in [0, 0.1) is 11.8 Å². The molecule has 198 valence electrons. The van der Waals surface area contributed by atoms with Gasteiger partial charge in [0.2, 0.25) is 5.91 Å². The molecule has 3 aromatic rings. The number of benzene rings is 2. The minimum Gasteiger partial charge on any atom is -0.469 e. The molecular weight excluding hydrogens is 515 g/mol. The maximum Gasteiger partial charge on any atom is 0.306 e. The SMILES string of the molecule is COC(=O)CCN1C[C@H](C(=O)Nc2ccc(Cl)cc2)[C@@H](C(=O)N(F)c2ccc(-n3ccccc3=O)cc2)C1. The Morgan fingerprint density at radius 2 is 1.71 bits per heavy atom. The molecule has 4 rings (SSSR count). The van der Waals surface area contributed by atoms with Crippen LogP contribution in [0.5, 0.6) is 0 Å². The molecule has 11 heteroatoms. The Bertz CT molecular complexity index is 1360. The fourth-order valence-corrected chi connectivity index (χ4v) is 4.49. The highest BCUT2D eigenvalue weighted by atomic mass is 35.5. The number of pyridine rings is 1. The Kier molecular flexibility index (Phi) is 8.55. The van der Waals surface area contributed by atoms with Crippen LogP contribution < -0.4 is 16.0 Å². The van der Waals surface area contributed by atoms with E-state index in [4.69, 9.17) is 11.6 Å². The number of methoxy groups -OCH3 is 1. The van der Waals surface area contributed by atoms with Gasteiger partial charge in [0.05, 0.1) is 31.1 Å². The van der Waals surface area contributed by atoms with Gasteiger partial charge in [0.15, 0.2) is 0 Å². The second-order valence-corrected chi connectivity index (χ2v) is 9.28. The maximum atomic E-state index is 15.4. The van der Waals surface area contributed by atoms with Crippen molar-refractivity contribution in [1.29, 1.82) is 0 Å². The summed E-state index contributed by atoms with van der Waals surface area (Å²) >= 11 is 5.91. The summed E-state index contributed by atoms with van der Waals surface area (Å²) in [4.78, 5) is 51.9. The van der Waals surface area contributed by atoms with Gasteiger partial charge in [-0.25, -0.2) is 0 Å². The van der Waals surface area contributed by atoms with Crippen molar-refractivity contribution in [3.05, 3.63) is 88.3 Å². The summed E-state index contributed by atoms with van der Waals surface area (Å²) in [6.45, 7) is 0.511. The number of aromatic nitrogens is 1. The fraction of sp³-hybridized carbons (Fsp3) is 0.259. The Morgan fingerprint density at radius 3 is 2.37 bits per heavy atom. The van der Waals surface area contributed by atoms with Gasteiger partial charge in [0.25, 0.3) is 11.5 Å². The van der Waals surface area contributed by atoms with Crippen molar-refractivity contribution in [3.8, 4) is 5.69 Å². The lowest BCUT2D eigenvalue weighted by molar-refractivity contribution is -0.140. The van der Waals surface area contributed by atoms with Gasteiger partial charge in [-0.1, -0.05) is 22.1 Å². The van der Waals surface area contributed by atoms with Crippen molar-refractivity contribution in [2.75, 3.05) is 37.2 Å². The van der Waals surface area contributed by atoms with Gasteiger partial charge in [0, 0.05) is 48.3 Å². The van der Waals surface area contributed by atoms with E-state index in [2.05, 4.69) is 10.1 Å². The Morgan fingerprint density at radius 1 is 1.03 bits per heavy atom. The lowest BCUT2D eigenvalue weighted by Gasteiger charge is -2.21. The molecule has 0 bridgehead atoms. The first-order chi connectivity index (χ1) is 18.3. The number of esters is 1. The van der Waals surface area contributed by atoms with Crippen molar-refractivity contribution in [1.82, 2.24) is 9.47 Å². The molecule has 1 N–H and O–H groups in total. The van der Waals surface area contributed by atoms with Crippen molar-refractivity contribution in [2.45, 2.75) is 6.42 Å². The summed E-state index contributed by atoms with van der Waals surface area (Å²) in [6.07, 6.45) is 1.66. The zero-order valence-corrected chi connectivity index (χ0v) is 21.3. The molecule has 1 aliphatic heterocycles. The second-order valence-electron chi connectivity index (χ2n) is 8.84. The summed E-state index contributed by atoms with van der Waals surface area (Å²) in [5.41, 5.74) is 0.714. The number of halogens is 2. The maximum absolute atomic E-state index is 15.4. The van der Waals surface area contributed by atoms with E-state index in [0.717, 1.165) is 0 Å². The number of hydrogen-bond acceptors (Lipinski definition) is 6. The van der Waals surface area contributed by atoms with Gasteiger partial charge in [0.1, 0.15) is 0 Å². The number of rotatable bonds is 8. The predicted molar refractivity (Wildman–Crippen MR) is 141 cm³/mol. The summed E-state index contributed by atoms with van der Waals surface area (Å²) in [5, 5.41) is 3.29. The van der Waals surface area contributed by atoms with Crippen LogP contribution in [-0.2, 0) is 19.1 Å². The highest BCUT2D eigenvalue weighted by molar-refractivity contribution is 6.30. The van der Waals surface area contributed by atoms with E-state index in [-0.39, 0.29) is 42.4 Å². The van der Waals surface area contributed by atoms with Crippen LogP contribution in [0.3, 0.4) is 0 Å². The summed E-state index contributed by atoms with van der Waals surface area (Å²) in [7, 11) is 1.28. The van der Waals surface area contributed by atoms with E-state index >= 15 is 4.48 Å². The van der Waals surface area contributed by atoms with E-state index in [1.165, 1.54) is 42.0 Å². The third kappa shape index (κ3) is 6.27. The first-order valence-corrected chi connectivity index (χ1v) is 12.3. The van der Waals surface area contributed by atoms with E-state index in [1.807, 2.05) is 0 Å². The van der Waals surface area contributed by atoms with Crippen LogP contribution in [0.4, 0.5) is 15.9 Å². The van der Waals surface area contributed by atoms with E-state index in [0.29, 0.717) is 16.4 Å². The Balaban J connectivity index is 1.52. The number of amides is 2. The second kappa shape index (κ2) is 12.0. The molecular formula is C27H26ClFN4O5. The molecule has 0 radical (unpaired) electrons. The molecule has 0 spiro atoms. The van der Waals surface area contributed by atoms with Gasteiger partial charge in [-0.2, -0.15) is 0 Å². The molecule has 2 amide bonds. The number of carbonyl (C=O) groups excluding carboxylic acids is 3. The van der Waals surface area contributed by atoms with E-state index in [9.17, 15) is 19.2 Å². The number of carbonyl (C=O) groups is 3. The van der Waals surface area contributed by atoms with Crippen LogP contribution in [0.25, 0.3) is 5.69 Å². The lowest BCUT2D eigenvalue weighted by atomic mass is 9.94. The number of ether oxygens (including phenoxy) is 1. The molecule has 0 aliphatic carbocycles. The average molecular weight is 541 g/mol. The highest BCUT2D eigenvalue weighted by Gasteiger charge is 2.44.